The van der Waals surface area contributed by atoms with Crippen LogP contribution in [-0.2, 0) is 6.18 Å². The zero-order valence-electron chi connectivity index (χ0n) is 14.6. The number of halogens is 5. The molecule has 2 aromatic carbocycles. The molecule has 1 aliphatic carbocycles. The van der Waals surface area contributed by atoms with Crippen LogP contribution in [0.25, 0.3) is 27.5 Å². The summed E-state index contributed by atoms with van der Waals surface area (Å²) in [5, 5.41) is 0.395. The molecular formula is C21H17F5O. The highest BCUT2D eigenvalue weighted by molar-refractivity contribution is 6.06. The number of hydrogen-bond donors (Lipinski definition) is 0. The van der Waals surface area contributed by atoms with Crippen LogP contribution in [0, 0.1) is 17.6 Å². The molecule has 0 fully saturated rings. The topological polar surface area (TPSA) is 13.1 Å². The Bertz CT molecular complexity index is 1060. The van der Waals surface area contributed by atoms with E-state index < -0.39 is 29.0 Å². The Morgan fingerprint density at radius 1 is 1.00 bits per heavy atom. The summed E-state index contributed by atoms with van der Waals surface area (Å²) in [4.78, 5) is 0. The minimum absolute atomic E-state index is 0.129. The predicted octanol–water partition coefficient (Wildman–Crippen LogP) is 7.48. The van der Waals surface area contributed by atoms with Crippen LogP contribution in [0.1, 0.15) is 43.7 Å². The number of alkyl halides is 3. The fraction of sp³-hybridized carbons (Fsp3) is 0.333. The van der Waals surface area contributed by atoms with E-state index in [1.807, 2.05) is 6.08 Å². The van der Waals surface area contributed by atoms with Gasteiger partial charge in [0, 0.05) is 16.3 Å². The van der Waals surface area contributed by atoms with Crippen molar-refractivity contribution in [3.63, 3.8) is 0 Å². The summed E-state index contributed by atoms with van der Waals surface area (Å²) in [6.45, 7) is 2.12. The van der Waals surface area contributed by atoms with Gasteiger partial charge in [-0.2, -0.15) is 13.2 Å². The Kier molecular flexibility index (Phi) is 4.24. The summed E-state index contributed by atoms with van der Waals surface area (Å²) in [5.74, 6) is -1.58. The summed E-state index contributed by atoms with van der Waals surface area (Å²) >= 11 is 0. The molecule has 1 unspecified atom stereocenters. The summed E-state index contributed by atoms with van der Waals surface area (Å²) in [7, 11) is 0. The minimum atomic E-state index is -4.84. The van der Waals surface area contributed by atoms with Gasteiger partial charge in [0.1, 0.15) is 0 Å². The molecule has 0 spiro atoms. The maximum absolute atomic E-state index is 15.1. The molecule has 0 amide bonds. The maximum atomic E-state index is 15.1. The predicted molar refractivity (Wildman–Crippen MR) is 94.2 cm³/mol. The molecular weight excluding hydrogens is 363 g/mol. The fourth-order valence-electron chi connectivity index (χ4n) is 3.81. The SMILES string of the molecule is CCC1CC=C(c2ccc3c(oc4c(F)c(C(F)(F)F)ccc43)c2F)CC1. The third-order valence-corrected chi connectivity index (χ3v) is 5.44. The molecule has 27 heavy (non-hydrogen) atoms. The van der Waals surface area contributed by atoms with E-state index in [0.29, 0.717) is 17.5 Å². The Hall–Kier alpha value is -2.37. The van der Waals surface area contributed by atoms with Crippen molar-refractivity contribution in [3.8, 4) is 0 Å². The smallest absolute Gasteiger partial charge is 0.419 e. The van der Waals surface area contributed by atoms with E-state index in [2.05, 4.69) is 6.92 Å². The standard InChI is InChI=1S/C21H17F5O/c1-2-11-3-5-12(6-4-11)13-7-8-14-15-9-10-16(21(24,25)26)18(23)20(15)27-19(14)17(13)22/h5,7-11H,2-4,6H2,1H3. The zero-order chi connectivity index (χ0) is 19.3. The van der Waals surface area contributed by atoms with Gasteiger partial charge in [-0.15, -0.1) is 0 Å². The second kappa shape index (κ2) is 6.36. The summed E-state index contributed by atoms with van der Waals surface area (Å²) in [6, 6.07) is 4.96. The van der Waals surface area contributed by atoms with Crippen molar-refractivity contribution in [2.24, 2.45) is 5.92 Å². The lowest BCUT2D eigenvalue weighted by Crippen LogP contribution is -2.07. The van der Waals surface area contributed by atoms with E-state index in [1.165, 1.54) is 0 Å². The zero-order valence-corrected chi connectivity index (χ0v) is 14.6. The van der Waals surface area contributed by atoms with E-state index in [4.69, 9.17) is 4.42 Å². The molecule has 0 saturated carbocycles. The molecule has 0 saturated heterocycles. The van der Waals surface area contributed by atoms with Gasteiger partial charge in [0.05, 0.1) is 5.56 Å². The highest BCUT2D eigenvalue weighted by Gasteiger charge is 2.36. The molecule has 6 heteroatoms. The first-order valence-electron chi connectivity index (χ1n) is 8.91. The number of allylic oxidation sites excluding steroid dienone is 2. The maximum Gasteiger partial charge on any atom is 0.419 e. The van der Waals surface area contributed by atoms with Gasteiger partial charge in [0.15, 0.2) is 22.8 Å². The van der Waals surface area contributed by atoms with Crippen molar-refractivity contribution < 1.29 is 26.4 Å². The van der Waals surface area contributed by atoms with Crippen molar-refractivity contribution in [1.29, 1.82) is 0 Å². The van der Waals surface area contributed by atoms with E-state index in [9.17, 15) is 17.6 Å². The molecule has 3 aromatic rings. The van der Waals surface area contributed by atoms with Gasteiger partial charge < -0.3 is 4.42 Å². The van der Waals surface area contributed by atoms with Crippen molar-refractivity contribution in [2.45, 2.75) is 38.8 Å². The van der Waals surface area contributed by atoms with Gasteiger partial charge in [-0.1, -0.05) is 25.5 Å². The number of benzene rings is 2. The second-order valence-corrected chi connectivity index (χ2v) is 6.99. The van der Waals surface area contributed by atoms with Crippen LogP contribution in [0.5, 0.6) is 0 Å². The van der Waals surface area contributed by atoms with Crippen LogP contribution < -0.4 is 0 Å². The van der Waals surface area contributed by atoms with Crippen molar-refractivity contribution in [3.05, 3.63) is 53.1 Å². The monoisotopic (exact) mass is 380 g/mol. The largest absolute Gasteiger partial charge is 0.450 e. The highest BCUT2D eigenvalue weighted by Crippen LogP contribution is 2.41. The summed E-state index contributed by atoms with van der Waals surface area (Å²) < 4.78 is 73.4. The average molecular weight is 380 g/mol. The minimum Gasteiger partial charge on any atom is -0.450 e. The molecule has 1 aliphatic rings. The Balaban J connectivity index is 1.87. The van der Waals surface area contributed by atoms with Crippen LogP contribution in [0.3, 0.4) is 0 Å². The molecule has 0 N–H and O–H groups in total. The number of fused-ring (bicyclic) bond motifs is 3. The van der Waals surface area contributed by atoms with E-state index in [0.717, 1.165) is 37.3 Å². The molecule has 142 valence electrons. The lowest BCUT2D eigenvalue weighted by atomic mass is 9.85. The summed E-state index contributed by atoms with van der Waals surface area (Å²) in [5.41, 5.74) is -0.974. The van der Waals surface area contributed by atoms with E-state index in [-0.39, 0.29) is 16.4 Å². The van der Waals surface area contributed by atoms with Gasteiger partial charge >= 0.3 is 6.18 Å². The molecule has 0 bridgehead atoms. The molecule has 1 heterocycles. The number of furan rings is 1. The fourth-order valence-corrected chi connectivity index (χ4v) is 3.81. The van der Waals surface area contributed by atoms with Crippen LogP contribution in [0.2, 0.25) is 0 Å². The van der Waals surface area contributed by atoms with Crippen molar-refractivity contribution in [1.82, 2.24) is 0 Å². The van der Waals surface area contributed by atoms with E-state index in [1.54, 1.807) is 12.1 Å². The van der Waals surface area contributed by atoms with Gasteiger partial charge in [0.25, 0.3) is 0 Å². The molecule has 0 radical (unpaired) electrons. The first-order valence-corrected chi connectivity index (χ1v) is 8.91. The first-order chi connectivity index (χ1) is 12.8. The average Bonchev–Trinajstić information content (AvgIpc) is 3.02. The third kappa shape index (κ3) is 2.91. The number of hydrogen-bond acceptors (Lipinski definition) is 1. The van der Waals surface area contributed by atoms with Gasteiger partial charge in [-0.3, -0.25) is 0 Å². The first kappa shape index (κ1) is 18.0. The Morgan fingerprint density at radius 3 is 2.26 bits per heavy atom. The molecule has 1 aromatic heterocycles. The van der Waals surface area contributed by atoms with Gasteiger partial charge in [0.2, 0.25) is 0 Å². The number of rotatable bonds is 2. The van der Waals surface area contributed by atoms with Crippen LogP contribution in [0.4, 0.5) is 22.0 Å². The van der Waals surface area contributed by atoms with Gasteiger partial charge in [-0.05, 0) is 49.0 Å². The van der Waals surface area contributed by atoms with E-state index >= 15 is 4.39 Å². The normalized spacial score (nSPS) is 18.3. The van der Waals surface area contributed by atoms with Crippen molar-refractivity contribution >= 4 is 27.5 Å². The van der Waals surface area contributed by atoms with Crippen LogP contribution in [0.15, 0.2) is 34.8 Å². The molecule has 1 nitrogen and oxygen atoms in total. The Morgan fingerprint density at radius 2 is 1.67 bits per heavy atom. The molecule has 0 aliphatic heterocycles. The molecule has 4 rings (SSSR count). The summed E-state index contributed by atoms with van der Waals surface area (Å²) in [6.07, 6.45) is 0.788. The van der Waals surface area contributed by atoms with Crippen LogP contribution in [-0.4, -0.2) is 0 Å². The van der Waals surface area contributed by atoms with Gasteiger partial charge in [-0.25, -0.2) is 8.78 Å². The lowest BCUT2D eigenvalue weighted by molar-refractivity contribution is -0.139. The lowest BCUT2D eigenvalue weighted by Gasteiger charge is -2.21. The second-order valence-electron chi connectivity index (χ2n) is 6.99. The quantitative estimate of drug-likeness (QED) is 0.420. The third-order valence-electron chi connectivity index (χ3n) is 5.44. The highest BCUT2D eigenvalue weighted by atomic mass is 19.4. The Labute approximate surface area is 152 Å². The molecule has 1 atom stereocenters. The van der Waals surface area contributed by atoms with Crippen LogP contribution >= 0.6 is 0 Å². The van der Waals surface area contributed by atoms with Crippen molar-refractivity contribution in [2.75, 3.05) is 0 Å².